The van der Waals surface area contributed by atoms with E-state index in [-0.39, 0.29) is 17.7 Å². The molecule has 1 spiro atoms. The van der Waals surface area contributed by atoms with Crippen LogP contribution in [0.15, 0.2) is 24.3 Å². The molecule has 1 atom stereocenters. The number of para-hydroxylation sites is 1. The molecule has 0 saturated carbocycles. The highest BCUT2D eigenvalue weighted by Gasteiger charge is 2.48. The fourth-order valence-electron chi connectivity index (χ4n) is 3.06. The molecule has 2 heterocycles. The number of benzene rings is 1. The fourth-order valence-corrected chi connectivity index (χ4v) is 3.06. The smallest absolute Gasteiger partial charge is 0.227 e. The number of imide groups is 1. The lowest BCUT2D eigenvalue weighted by molar-refractivity contribution is -0.137. The molecule has 1 N–H and O–H groups in total. The van der Waals surface area contributed by atoms with Crippen LogP contribution in [0.2, 0.25) is 0 Å². The van der Waals surface area contributed by atoms with Gasteiger partial charge in [0.2, 0.25) is 11.8 Å². The van der Waals surface area contributed by atoms with Crippen LogP contribution in [-0.2, 0) is 15.0 Å². The monoisotopic (exact) mass is 245 g/mol. The van der Waals surface area contributed by atoms with Crippen LogP contribution < -0.4 is 10.1 Å². The summed E-state index contributed by atoms with van der Waals surface area (Å²) in [5.41, 5.74) is 0.598. The molecule has 0 bridgehead atoms. The van der Waals surface area contributed by atoms with Gasteiger partial charge in [-0.2, -0.15) is 0 Å². The quantitative estimate of drug-likeness (QED) is 0.703. The van der Waals surface area contributed by atoms with Gasteiger partial charge in [0.05, 0.1) is 6.61 Å². The highest BCUT2D eigenvalue weighted by Crippen LogP contribution is 2.47. The standard InChI is InChI=1S/C14H15NO3/c1-9-8-18-11-5-3-2-4-10(11)14(9)6-12(16)15-13(17)7-14/h2-5,9H,6-8H2,1H3,(H,15,16,17). The third-order valence-electron chi connectivity index (χ3n) is 4.09. The number of rotatable bonds is 0. The van der Waals surface area contributed by atoms with Crippen molar-refractivity contribution in [3.8, 4) is 5.75 Å². The van der Waals surface area contributed by atoms with E-state index < -0.39 is 5.41 Å². The number of hydrogen-bond acceptors (Lipinski definition) is 3. The van der Waals surface area contributed by atoms with Crippen molar-refractivity contribution in [2.75, 3.05) is 6.61 Å². The zero-order valence-corrected chi connectivity index (χ0v) is 10.2. The Bertz CT molecular complexity index is 508. The molecule has 94 valence electrons. The van der Waals surface area contributed by atoms with E-state index in [4.69, 9.17) is 4.74 Å². The SMILES string of the molecule is CC1COc2ccccc2C12CC(=O)NC(=O)C2. The van der Waals surface area contributed by atoms with Crippen LogP contribution in [0, 0.1) is 5.92 Å². The molecule has 0 radical (unpaired) electrons. The lowest BCUT2D eigenvalue weighted by atomic mass is 9.64. The topological polar surface area (TPSA) is 55.4 Å². The van der Waals surface area contributed by atoms with Crippen molar-refractivity contribution in [3.05, 3.63) is 29.8 Å². The van der Waals surface area contributed by atoms with E-state index in [2.05, 4.69) is 5.32 Å². The van der Waals surface area contributed by atoms with Crippen molar-refractivity contribution in [2.45, 2.75) is 25.2 Å². The van der Waals surface area contributed by atoms with Crippen LogP contribution >= 0.6 is 0 Å². The molecule has 1 fully saturated rings. The van der Waals surface area contributed by atoms with Gasteiger partial charge in [0.25, 0.3) is 0 Å². The highest BCUT2D eigenvalue weighted by atomic mass is 16.5. The van der Waals surface area contributed by atoms with Crippen molar-refractivity contribution in [1.29, 1.82) is 0 Å². The summed E-state index contributed by atoms with van der Waals surface area (Å²) in [4.78, 5) is 23.5. The lowest BCUT2D eigenvalue weighted by Gasteiger charge is -2.44. The molecule has 2 amide bonds. The van der Waals surface area contributed by atoms with Gasteiger partial charge in [-0.1, -0.05) is 25.1 Å². The molecule has 1 aromatic rings. The number of nitrogens with one attached hydrogen (secondary N) is 1. The molecule has 3 rings (SSSR count). The Morgan fingerprint density at radius 1 is 1.22 bits per heavy atom. The average Bonchev–Trinajstić information content (AvgIpc) is 2.33. The maximum atomic E-state index is 11.7. The van der Waals surface area contributed by atoms with E-state index in [1.54, 1.807) is 0 Å². The second-order valence-electron chi connectivity index (χ2n) is 5.19. The van der Waals surface area contributed by atoms with Crippen molar-refractivity contribution in [1.82, 2.24) is 5.32 Å². The molecule has 18 heavy (non-hydrogen) atoms. The van der Waals surface area contributed by atoms with Gasteiger partial charge in [-0.05, 0) is 6.07 Å². The summed E-state index contributed by atoms with van der Waals surface area (Å²) >= 11 is 0. The number of amides is 2. The van der Waals surface area contributed by atoms with Crippen molar-refractivity contribution < 1.29 is 14.3 Å². The van der Waals surface area contributed by atoms with Crippen LogP contribution in [0.4, 0.5) is 0 Å². The van der Waals surface area contributed by atoms with Gasteiger partial charge in [-0.15, -0.1) is 0 Å². The van der Waals surface area contributed by atoms with Crippen LogP contribution in [0.3, 0.4) is 0 Å². The molecule has 1 saturated heterocycles. The summed E-state index contributed by atoms with van der Waals surface area (Å²) < 4.78 is 5.69. The predicted molar refractivity (Wildman–Crippen MR) is 65.2 cm³/mol. The maximum absolute atomic E-state index is 11.7. The highest BCUT2D eigenvalue weighted by molar-refractivity contribution is 5.99. The summed E-state index contributed by atoms with van der Waals surface area (Å²) in [7, 11) is 0. The van der Waals surface area contributed by atoms with E-state index in [9.17, 15) is 9.59 Å². The minimum absolute atomic E-state index is 0.155. The molecule has 0 aromatic heterocycles. The normalized spacial score (nSPS) is 25.3. The molecular formula is C14H15NO3. The second kappa shape index (κ2) is 3.83. The largest absolute Gasteiger partial charge is 0.493 e. The lowest BCUT2D eigenvalue weighted by Crippen LogP contribution is -2.52. The average molecular weight is 245 g/mol. The van der Waals surface area contributed by atoms with E-state index in [0.29, 0.717) is 19.4 Å². The van der Waals surface area contributed by atoms with E-state index in [1.165, 1.54) is 0 Å². The first-order valence-corrected chi connectivity index (χ1v) is 6.17. The Labute approximate surface area is 105 Å². The molecule has 1 unspecified atom stereocenters. The van der Waals surface area contributed by atoms with Gasteiger partial charge in [0.15, 0.2) is 0 Å². The first-order valence-electron chi connectivity index (χ1n) is 6.17. The van der Waals surface area contributed by atoms with Gasteiger partial charge < -0.3 is 4.74 Å². The number of hydrogen-bond donors (Lipinski definition) is 1. The van der Waals surface area contributed by atoms with Crippen molar-refractivity contribution in [2.24, 2.45) is 5.92 Å². The summed E-state index contributed by atoms with van der Waals surface area (Å²) in [6.45, 7) is 2.60. The Morgan fingerprint density at radius 3 is 2.61 bits per heavy atom. The first-order chi connectivity index (χ1) is 8.62. The van der Waals surface area contributed by atoms with Crippen LogP contribution in [0.25, 0.3) is 0 Å². The predicted octanol–water partition coefficient (Wildman–Crippen LogP) is 1.39. The van der Waals surface area contributed by atoms with Gasteiger partial charge in [0, 0.05) is 29.7 Å². The van der Waals surface area contributed by atoms with Gasteiger partial charge in [-0.3, -0.25) is 14.9 Å². The van der Waals surface area contributed by atoms with Crippen LogP contribution in [0.5, 0.6) is 5.75 Å². The fraction of sp³-hybridized carbons (Fsp3) is 0.429. The summed E-state index contributed by atoms with van der Waals surface area (Å²) in [5.74, 6) is 0.588. The van der Waals surface area contributed by atoms with Crippen LogP contribution in [0.1, 0.15) is 25.3 Å². The van der Waals surface area contributed by atoms with E-state index in [1.807, 2.05) is 31.2 Å². The van der Waals surface area contributed by atoms with Crippen LogP contribution in [-0.4, -0.2) is 18.4 Å². The minimum Gasteiger partial charge on any atom is -0.493 e. The number of fused-ring (bicyclic) bond motifs is 2. The molecule has 4 heteroatoms. The van der Waals surface area contributed by atoms with Gasteiger partial charge in [-0.25, -0.2) is 0 Å². The molecule has 1 aromatic carbocycles. The Balaban J connectivity index is 2.14. The third kappa shape index (κ3) is 1.52. The minimum atomic E-state index is -0.395. The first kappa shape index (κ1) is 11.3. The Kier molecular flexibility index (Phi) is 2.40. The molecule has 4 nitrogen and oxygen atoms in total. The number of ether oxygens (including phenoxy) is 1. The molecular weight excluding hydrogens is 230 g/mol. The second-order valence-corrected chi connectivity index (χ2v) is 5.19. The van der Waals surface area contributed by atoms with Crippen molar-refractivity contribution in [3.63, 3.8) is 0 Å². The van der Waals surface area contributed by atoms with E-state index in [0.717, 1.165) is 11.3 Å². The number of carbonyl (C=O) groups excluding carboxylic acids is 2. The zero-order valence-electron chi connectivity index (χ0n) is 10.2. The molecule has 2 aliphatic heterocycles. The Morgan fingerprint density at radius 2 is 1.89 bits per heavy atom. The summed E-state index contributed by atoms with van der Waals surface area (Å²) in [6.07, 6.45) is 0.723. The van der Waals surface area contributed by atoms with Crippen molar-refractivity contribution >= 4 is 11.8 Å². The molecule has 0 aliphatic carbocycles. The molecule has 2 aliphatic rings. The summed E-state index contributed by atoms with van der Waals surface area (Å²) in [5, 5.41) is 2.38. The number of piperidine rings is 1. The zero-order chi connectivity index (χ0) is 12.8. The van der Waals surface area contributed by atoms with E-state index >= 15 is 0 Å². The third-order valence-corrected chi connectivity index (χ3v) is 4.09. The Hall–Kier alpha value is -1.84. The van der Waals surface area contributed by atoms with Gasteiger partial charge >= 0.3 is 0 Å². The maximum Gasteiger partial charge on any atom is 0.227 e. The number of carbonyl (C=O) groups is 2. The van der Waals surface area contributed by atoms with Gasteiger partial charge in [0.1, 0.15) is 5.75 Å². The summed E-state index contributed by atoms with van der Waals surface area (Å²) in [6, 6.07) is 7.71.